The molecule has 0 aliphatic carbocycles. The van der Waals surface area contributed by atoms with Crippen LogP contribution in [0.1, 0.15) is 6.92 Å². The zero-order valence-electron chi connectivity index (χ0n) is 12.2. The Bertz CT molecular complexity index is 421. The lowest BCUT2D eigenvalue weighted by molar-refractivity contribution is -0.120. The first kappa shape index (κ1) is 19.6. The molecular weight excluding hydrogens is 299 g/mol. The number of hydrogen-bond donors (Lipinski definition) is 2. The van der Waals surface area contributed by atoms with E-state index >= 15 is 0 Å². The number of amides is 1. The Morgan fingerprint density at radius 1 is 1.43 bits per heavy atom. The van der Waals surface area contributed by atoms with Crippen LogP contribution in [0.4, 0.5) is 4.39 Å². The fourth-order valence-corrected chi connectivity index (χ4v) is 1.51. The van der Waals surface area contributed by atoms with E-state index in [-0.39, 0.29) is 36.8 Å². The van der Waals surface area contributed by atoms with Crippen LogP contribution in [0.15, 0.2) is 24.3 Å². The molecule has 1 amide bonds. The molecule has 0 spiro atoms. The Morgan fingerprint density at radius 2 is 2.19 bits per heavy atom. The van der Waals surface area contributed by atoms with E-state index in [4.69, 9.17) is 9.47 Å². The van der Waals surface area contributed by atoms with Gasteiger partial charge in [0.25, 0.3) is 0 Å². The van der Waals surface area contributed by atoms with Gasteiger partial charge in [-0.15, -0.1) is 12.4 Å². The van der Waals surface area contributed by atoms with Crippen LogP contribution in [0.3, 0.4) is 0 Å². The molecule has 21 heavy (non-hydrogen) atoms. The van der Waals surface area contributed by atoms with Gasteiger partial charge in [-0.05, 0) is 19.1 Å². The van der Waals surface area contributed by atoms with Crippen molar-refractivity contribution in [2.45, 2.75) is 13.0 Å². The average Bonchev–Trinajstić information content (AvgIpc) is 2.41. The number of carbonyl (C=O) groups excluding carboxylic acids is 1. The Hall–Kier alpha value is -1.37. The van der Waals surface area contributed by atoms with Crippen LogP contribution in [0, 0.1) is 5.82 Å². The molecule has 7 heteroatoms. The summed E-state index contributed by atoms with van der Waals surface area (Å²) in [6.07, 6.45) is -0.236. The van der Waals surface area contributed by atoms with Crippen LogP contribution in [0.5, 0.6) is 5.75 Å². The van der Waals surface area contributed by atoms with E-state index in [2.05, 4.69) is 10.6 Å². The molecule has 0 aromatic heterocycles. The van der Waals surface area contributed by atoms with E-state index < -0.39 is 0 Å². The number of ether oxygens (including phenoxy) is 2. The minimum absolute atomic E-state index is 0. The fourth-order valence-electron chi connectivity index (χ4n) is 1.51. The molecule has 1 atom stereocenters. The molecule has 1 rings (SSSR count). The van der Waals surface area contributed by atoms with E-state index in [1.165, 1.54) is 12.1 Å². The lowest BCUT2D eigenvalue weighted by Gasteiger charge is -2.15. The molecule has 1 aromatic rings. The van der Waals surface area contributed by atoms with Crippen molar-refractivity contribution in [3.05, 3.63) is 30.1 Å². The summed E-state index contributed by atoms with van der Waals surface area (Å²) in [5.74, 6) is -0.0122. The van der Waals surface area contributed by atoms with Gasteiger partial charge in [0.05, 0.1) is 19.7 Å². The molecule has 0 bridgehead atoms. The molecule has 5 nitrogen and oxygen atoms in total. The van der Waals surface area contributed by atoms with Crippen molar-refractivity contribution in [2.75, 3.05) is 33.4 Å². The summed E-state index contributed by atoms with van der Waals surface area (Å²) in [5, 5.41) is 5.67. The minimum atomic E-state index is -0.346. The van der Waals surface area contributed by atoms with Crippen molar-refractivity contribution in [1.82, 2.24) is 10.6 Å². The highest BCUT2D eigenvalue weighted by atomic mass is 35.5. The molecule has 120 valence electrons. The zero-order valence-corrected chi connectivity index (χ0v) is 13.0. The Kier molecular flexibility index (Phi) is 10.6. The SMILES string of the molecule is COCCNCC(=O)NCC(C)Oc1cccc(F)c1.Cl. The van der Waals surface area contributed by atoms with Gasteiger partial charge >= 0.3 is 0 Å². The van der Waals surface area contributed by atoms with Crippen LogP contribution in [-0.4, -0.2) is 45.4 Å². The summed E-state index contributed by atoms with van der Waals surface area (Å²) in [6.45, 7) is 3.59. The van der Waals surface area contributed by atoms with Gasteiger partial charge in [-0.1, -0.05) is 6.07 Å². The van der Waals surface area contributed by atoms with E-state index in [0.717, 1.165) is 0 Å². The molecule has 0 saturated carbocycles. The van der Waals surface area contributed by atoms with Gasteiger partial charge in [0.1, 0.15) is 17.7 Å². The summed E-state index contributed by atoms with van der Waals surface area (Å²) in [6, 6.07) is 5.92. The number of halogens is 2. The van der Waals surface area contributed by atoms with Crippen LogP contribution >= 0.6 is 12.4 Å². The second-order valence-electron chi connectivity index (χ2n) is 4.36. The van der Waals surface area contributed by atoms with Crippen LogP contribution in [0.2, 0.25) is 0 Å². The Labute approximate surface area is 130 Å². The standard InChI is InChI=1S/C14H21FN2O3.ClH/c1-11(20-13-5-3-4-12(15)8-13)9-17-14(18)10-16-6-7-19-2;/h3-5,8,11,16H,6-7,9-10H2,1-2H3,(H,17,18);1H. The lowest BCUT2D eigenvalue weighted by atomic mass is 10.3. The van der Waals surface area contributed by atoms with Gasteiger partial charge in [-0.3, -0.25) is 4.79 Å². The van der Waals surface area contributed by atoms with Crippen molar-refractivity contribution in [3.63, 3.8) is 0 Å². The van der Waals surface area contributed by atoms with Crippen LogP contribution < -0.4 is 15.4 Å². The average molecular weight is 321 g/mol. The number of hydrogen-bond acceptors (Lipinski definition) is 4. The maximum atomic E-state index is 13.0. The number of methoxy groups -OCH3 is 1. The smallest absolute Gasteiger partial charge is 0.234 e. The number of benzene rings is 1. The van der Waals surface area contributed by atoms with Gasteiger partial charge in [-0.2, -0.15) is 0 Å². The summed E-state index contributed by atoms with van der Waals surface area (Å²) in [4.78, 5) is 11.5. The molecule has 2 N–H and O–H groups in total. The number of rotatable bonds is 9. The first-order valence-corrected chi connectivity index (χ1v) is 6.50. The maximum Gasteiger partial charge on any atom is 0.234 e. The van der Waals surface area contributed by atoms with Gasteiger partial charge in [0, 0.05) is 19.7 Å². The zero-order chi connectivity index (χ0) is 14.8. The molecular formula is C14H22ClFN2O3. The largest absolute Gasteiger partial charge is 0.489 e. The predicted molar refractivity (Wildman–Crippen MR) is 81.5 cm³/mol. The second-order valence-corrected chi connectivity index (χ2v) is 4.36. The molecule has 0 aliphatic rings. The van der Waals surface area contributed by atoms with E-state index in [9.17, 15) is 9.18 Å². The fraction of sp³-hybridized carbons (Fsp3) is 0.500. The first-order chi connectivity index (χ1) is 9.61. The van der Waals surface area contributed by atoms with E-state index in [0.29, 0.717) is 25.4 Å². The lowest BCUT2D eigenvalue weighted by Crippen LogP contribution is -2.39. The highest BCUT2D eigenvalue weighted by Crippen LogP contribution is 2.13. The minimum Gasteiger partial charge on any atom is -0.489 e. The van der Waals surface area contributed by atoms with Crippen molar-refractivity contribution >= 4 is 18.3 Å². The van der Waals surface area contributed by atoms with Crippen LogP contribution in [-0.2, 0) is 9.53 Å². The highest BCUT2D eigenvalue weighted by molar-refractivity contribution is 5.85. The molecule has 1 unspecified atom stereocenters. The molecule has 0 heterocycles. The van der Waals surface area contributed by atoms with Gasteiger partial charge in [-0.25, -0.2) is 4.39 Å². The van der Waals surface area contributed by atoms with Crippen molar-refractivity contribution in [3.8, 4) is 5.75 Å². The quantitative estimate of drug-likeness (QED) is 0.675. The topological polar surface area (TPSA) is 59.6 Å². The predicted octanol–water partition coefficient (Wildman–Crippen LogP) is 1.37. The Balaban J connectivity index is 0.00000400. The first-order valence-electron chi connectivity index (χ1n) is 6.50. The molecule has 0 fully saturated rings. The van der Waals surface area contributed by atoms with Crippen molar-refractivity contribution in [2.24, 2.45) is 0 Å². The van der Waals surface area contributed by atoms with Gasteiger partial charge < -0.3 is 20.1 Å². The summed E-state index contributed by atoms with van der Waals surface area (Å²) >= 11 is 0. The van der Waals surface area contributed by atoms with Crippen molar-refractivity contribution in [1.29, 1.82) is 0 Å². The van der Waals surface area contributed by atoms with Gasteiger partial charge in [0.15, 0.2) is 0 Å². The third kappa shape index (κ3) is 9.23. The Morgan fingerprint density at radius 3 is 2.86 bits per heavy atom. The van der Waals surface area contributed by atoms with Crippen molar-refractivity contribution < 1.29 is 18.7 Å². The van der Waals surface area contributed by atoms with Gasteiger partial charge in [0.2, 0.25) is 5.91 Å². The number of nitrogens with one attached hydrogen (secondary N) is 2. The maximum absolute atomic E-state index is 13.0. The highest BCUT2D eigenvalue weighted by Gasteiger charge is 2.07. The third-order valence-electron chi connectivity index (χ3n) is 2.49. The molecule has 0 saturated heterocycles. The monoisotopic (exact) mass is 320 g/mol. The third-order valence-corrected chi connectivity index (χ3v) is 2.49. The van der Waals surface area contributed by atoms with Crippen LogP contribution in [0.25, 0.3) is 0 Å². The normalized spacial score (nSPS) is 11.4. The summed E-state index contributed by atoms with van der Waals surface area (Å²) in [7, 11) is 1.60. The molecule has 0 aliphatic heterocycles. The molecule has 1 aromatic carbocycles. The molecule has 0 radical (unpaired) electrons. The summed E-state index contributed by atoms with van der Waals surface area (Å²) in [5.41, 5.74) is 0. The number of carbonyl (C=O) groups is 1. The van der Waals surface area contributed by atoms with E-state index in [1.807, 2.05) is 6.92 Å². The van der Waals surface area contributed by atoms with E-state index in [1.54, 1.807) is 19.2 Å². The summed E-state index contributed by atoms with van der Waals surface area (Å²) < 4.78 is 23.3. The second kappa shape index (κ2) is 11.3.